The van der Waals surface area contributed by atoms with Crippen LogP contribution in [0.2, 0.25) is 0 Å². The van der Waals surface area contributed by atoms with Crippen molar-refractivity contribution in [2.24, 2.45) is 0 Å². The fourth-order valence-corrected chi connectivity index (χ4v) is 1.18. The number of allylic oxidation sites excluding steroid dienone is 2. The van der Waals surface area contributed by atoms with Gasteiger partial charge in [0.15, 0.2) is 0 Å². The second-order valence-corrected chi connectivity index (χ2v) is 3.36. The Hall–Kier alpha value is -0.260. The number of unbranched alkanes of at least 4 members (excludes halogenated alkanes) is 5. The maximum Gasteiger partial charge on any atom is 0.0572 e. The third-order valence-electron chi connectivity index (χ3n) is 2.02. The third-order valence-corrected chi connectivity index (χ3v) is 2.02. The van der Waals surface area contributed by atoms with E-state index in [1.807, 2.05) is 0 Å². The minimum Gasteiger partial charge on any atom is -0.0885 e. The fraction of sp³-hybridized carbons (Fsp3) is 0.833. The molecule has 12 heavy (non-hydrogen) atoms. The van der Waals surface area contributed by atoms with E-state index in [1.54, 1.807) is 0 Å². The Balaban J connectivity index is 3.29. The molecule has 0 N–H and O–H groups in total. The van der Waals surface area contributed by atoms with Gasteiger partial charge >= 0.3 is 0 Å². The van der Waals surface area contributed by atoms with Crippen molar-refractivity contribution < 1.29 is 1.37 Å². The zero-order valence-electron chi connectivity index (χ0n) is 9.73. The van der Waals surface area contributed by atoms with Crippen molar-refractivity contribution in [2.45, 2.75) is 65.2 Å². The van der Waals surface area contributed by atoms with E-state index in [4.69, 9.17) is 1.37 Å². The van der Waals surface area contributed by atoms with Crippen molar-refractivity contribution in [1.29, 1.82) is 0 Å². The van der Waals surface area contributed by atoms with Crippen molar-refractivity contribution >= 4 is 0 Å². The average molecular weight is 169 g/mol. The van der Waals surface area contributed by atoms with E-state index >= 15 is 0 Å². The van der Waals surface area contributed by atoms with Gasteiger partial charge in [-0.25, -0.2) is 0 Å². The summed E-state index contributed by atoms with van der Waals surface area (Å²) in [5.74, 6) is 0. The maximum absolute atomic E-state index is 7.65. The van der Waals surface area contributed by atoms with Gasteiger partial charge in [0.2, 0.25) is 0 Å². The lowest BCUT2D eigenvalue weighted by atomic mass is 10.1. The van der Waals surface area contributed by atoms with Crippen molar-refractivity contribution in [3.05, 3.63) is 12.1 Å². The summed E-state index contributed by atoms with van der Waals surface area (Å²) in [6, 6.07) is 0.851. The molecule has 0 rings (SSSR count). The summed E-state index contributed by atoms with van der Waals surface area (Å²) in [5.41, 5.74) is 0. The van der Waals surface area contributed by atoms with Gasteiger partial charge in [-0.05, 0) is 25.7 Å². The predicted octanol–water partition coefficient (Wildman–Crippen LogP) is 4.70. The van der Waals surface area contributed by atoms with Crippen LogP contribution in [-0.2, 0) is 0 Å². The van der Waals surface area contributed by atoms with E-state index in [0.29, 0.717) is 0 Å². The summed E-state index contributed by atoms with van der Waals surface area (Å²) in [6.45, 7) is 4.42. The maximum atomic E-state index is 7.65. The summed E-state index contributed by atoms with van der Waals surface area (Å²) in [6.07, 6.45) is 11.8. The molecule has 0 saturated carbocycles. The number of rotatable bonds is 8. The Morgan fingerprint density at radius 2 is 1.50 bits per heavy atom. The standard InChI is InChI=1S/C12H24/c1-3-5-7-9-11-12-10-8-6-4-2/h11-12H,3-10H2,1-2H3/b12-11+/i11D. The molecule has 0 atom stereocenters. The Morgan fingerprint density at radius 1 is 0.917 bits per heavy atom. The molecule has 0 fully saturated rings. The highest BCUT2D eigenvalue weighted by Crippen LogP contribution is 2.03. The lowest BCUT2D eigenvalue weighted by Crippen LogP contribution is -1.73. The first kappa shape index (κ1) is 9.83. The minimum absolute atomic E-state index is 0.851. The molecule has 0 heteroatoms. The first-order valence-electron chi connectivity index (χ1n) is 5.96. The fourth-order valence-electron chi connectivity index (χ4n) is 1.18. The van der Waals surface area contributed by atoms with Crippen LogP contribution >= 0.6 is 0 Å². The molecular weight excluding hydrogens is 144 g/mol. The van der Waals surface area contributed by atoms with E-state index in [1.165, 1.54) is 38.5 Å². The lowest BCUT2D eigenvalue weighted by Gasteiger charge is -1.93. The highest BCUT2D eigenvalue weighted by molar-refractivity contribution is 4.81. The van der Waals surface area contributed by atoms with Crippen LogP contribution in [0.25, 0.3) is 0 Å². The highest BCUT2D eigenvalue weighted by atomic mass is 13.9. The van der Waals surface area contributed by atoms with Crippen LogP contribution in [-0.4, -0.2) is 0 Å². The zero-order valence-corrected chi connectivity index (χ0v) is 8.73. The SMILES string of the molecule is [2H]/C(=C\CCCCC)CCCCC. The van der Waals surface area contributed by atoms with Gasteiger partial charge in [0.25, 0.3) is 0 Å². The molecule has 0 aliphatic rings. The van der Waals surface area contributed by atoms with Gasteiger partial charge in [-0.15, -0.1) is 0 Å². The molecule has 0 aromatic rings. The Morgan fingerprint density at radius 3 is 2.08 bits per heavy atom. The van der Waals surface area contributed by atoms with Crippen LogP contribution in [0.3, 0.4) is 0 Å². The van der Waals surface area contributed by atoms with Gasteiger partial charge in [0.1, 0.15) is 0 Å². The van der Waals surface area contributed by atoms with Crippen molar-refractivity contribution in [2.75, 3.05) is 0 Å². The van der Waals surface area contributed by atoms with Gasteiger partial charge in [0, 0.05) is 0 Å². The summed E-state index contributed by atoms with van der Waals surface area (Å²) >= 11 is 0. The van der Waals surface area contributed by atoms with Crippen molar-refractivity contribution in [3.63, 3.8) is 0 Å². The topological polar surface area (TPSA) is 0 Å². The van der Waals surface area contributed by atoms with E-state index in [0.717, 1.165) is 18.9 Å². The molecule has 0 radical (unpaired) electrons. The molecule has 0 bridgehead atoms. The summed E-state index contributed by atoms with van der Waals surface area (Å²) in [7, 11) is 0. The van der Waals surface area contributed by atoms with Gasteiger partial charge in [-0.2, -0.15) is 0 Å². The predicted molar refractivity (Wildman–Crippen MR) is 57.4 cm³/mol. The van der Waals surface area contributed by atoms with Crippen LogP contribution in [0.15, 0.2) is 12.1 Å². The smallest absolute Gasteiger partial charge is 0.0572 e. The highest BCUT2D eigenvalue weighted by Gasteiger charge is 1.83. The first-order chi connectivity index (χ1) is 6.31. The molecular formula is C12H24. The quantitative estimate of drug-likeness (QED) is 0.365. The zero-order chi connectivity index (χ0) is 9.94. The number of hydrogen-bond acceptors (Lipinski definition) is 0. The van der Waals surface area contributed by atoms with E-state index in [9.17, 15) is 0 Å². The second-order valence-electron chi connectivity index (χ2n) is 3.36. The van der Waals surface area contributed by atoms with Crippen LogP contribution in [0.1, 0.15) is 66.6 Å². The number of hydrogen-bond donors (Lipinski definition) is 0. The summed E-state index contributed by atoms with van der Waals surface area (Å²) in [4.78, 5) is 0. The molecule has 0 heterocycles. The molecule has 0 saturated heterocycles. The van der Waals surface area contributed by atoms with Gasteiger partial charge in [-0.3, -0.25) is 0 Å². The average Bonchev–Trinajstić information content (AvgIpc) is 2.13. The largest absolute Gasteiger partial charge is 0.0885 e. The first-order valence-corrected chi connectivity index (χ1v) is 5.46. The Labute approximate surface area is 79.5 Å². The third kappa shape index (κ3) is 9.74. The van der Waals surface area contributed by atoms with Gasteiger partial charge in [-0.1, -0.05) is 51.7 Å². The molecule has 0 aromatic carbocycles. The van der Waals surface area contributed by atoms with Crippen LogP contribution < -0.4 is 0 Å². The van der Waals surface area contributed by atoms with E-state index < -0.39 is 0 Å². The van der Waals surface area contributed by atoms with Gasteiger partial charge in [0.05, 0.1) is 1.37 Å². The molecule has 0 aliphatic heterocycles. The monoisotopic (exact) mass is 169 g/mol. The molecule has 0 spiro atoms. The van der Waals surface area contributed by atoms with Crippen molar-refractivity contribution in [1.82, 2.24) is 0 Å². The molecule has 72 valence electrons. The van der Waals surface area contributed by atoms with Crippen LogP contribution in [0.5, 0.6) is 0 Å². The molecule has 0 amide bonds. The molecule has 0 aliphatic carbocycles. The van der Waals surface area contributed by atoms with E-state index in [-0.39, 0.29) is 0 Å². The summed E-state index contributed by atoms with van der Waals surface area (Å²) in [5, 5.41) is 0. The molecule has 0 unspecified atom stereocenters. The second kappa shape index (κ2) is 10.7. The Kier molecular flexibility index (Phi) is 8.79. The van der Waals surface area contributed by atoms with Crippen molar-refractivity contribution in [3.8, 4) is 0 Å². The normalized spacial score (nSPS) is 13.2. The van der Waals surface area contributed by atoms with E-state index in [2.05, 4.69) is 19.9 Å². The van der Waals surface area contributed by atoms with Crippen LogP contribution in [0.4, 0.5) is 0 Å². The van der Waals surface area contributed by atoms with Crippen LogP contribution in [0, 0.1) is 0 Å². The lowest BCUT2D eigenvalue weighted by molar-refractivity contribution is 0.715. The van der Waals surface area contributed by atoms with Gasteiger partial charge < -0.3 is 0 Å². The molecule has 0 aromatic heterocycles. The summed E-state index contributed by atoms with van der Waals surface area (Å²) < 4.78 is 7.65. The molecule has 0 nitrogen and oxygen atoms in total. The minimum atomic E-state index is 0.851. The Bertz CT molecular complexity index is 127.